The summed E-state index contributed by atoms with van der Waals surface area (Å²) < 4.78 is 44.4. The number of nitrogens with one attached hydrogen (secondary N) is 1. The molecule has 0 saturated heterocycles. The Morgan fingerprint density at radius 1 is 1.11 bits per heavy atom. The second-order valence-corrected chi connectivity index (χ2v) is 7.80. The van der Waals surface area contributed by atoms with Gasteiger partial charge in [-0.15, -0.1) is 0 Å². The first kappa shape index (κ1) is 19.9. The number of aryl methyl sites for hydroxylation is 1. The Morgan fingerprint density at radius 3 is 2.57 bits per heavy atom. The lowest BCUT2D eigenvalue weighted by molar-refractivity contribution is 0.336. The van der Waals surface area contributed by atoms with E-state index in [4.69, 9.17) is 14.0 Å². The van der Waals surface area contributed by atoms with Crippen molar-refractivity contribution >= 4 is 10.0 Å². The van der Waals surface area contributed by atoms with Gasteiger partial charge in [0.1, 0.15) is 16.4 Å². The second kappa shape index (κ2) is 8.45. The van der Waals surface area contributed by atoms with E-state index in [0.29, 0.717) is 23.7 Å². The van der Waals surface area contributed by atoms with Crippen LogP contribution in [0.3, 0.4) is 0 Å². The summed E-state index contributed by atoms with van der Waals surface area (Å²) in [5, 5.41) is 3.85. The SMILES string of the molecule is CCOc1ccccc1CNS(=O)(=O)c1ccc(-c2cc(C)no2)cc1OC. The Bertz CT molecular complexity index is 1060. The first-order valence-electron chi connectivity index (χ1n) is 8.76. The van der Waals surface area contributed by atoms with Crippen LogP contribution in [0.1, 0.15) is 18.2 Å². The first-order chi connectivity index (χ1) is 13.4. The van der Waals surface area contributed by atoms with Crippen molar-refractivity contribution in [2.45, 2.75) is 25.3 Å². The van der Waals surface area contributed by atoms with Crippen molar-refractivity contribution in [3.63, 3.8) is 0 Å². The van der Waals surface area contributed by atoms with Crippen LogP contribution in [0.4, 0.5) is 0 Å². The van der Waals surface area contributed by atoms with Gasteiger partial charge in [0.25, 0.3) is 0 Å². The number of benzene rings is 2. The number of para-hydroxylation sites is 1. The largest absolute Gasteiger partial charge is 0.495 e. The van der Waals surface area contributed by atoms with Crippen molar-refractivity contribution in [3.05, 3.63) is 59.8 Å². The van der Waals surface area contributed by atoms with Crippen molar-refractivity contribution < 1.29 is 22.4 Å². The van der Waals surface area contributed by atoms with Crippen molar-refractivity contribution in [2.24, 2.45) is 0 Å². The van der Waals surface area contributed by atoms with Gasteiger partial charge in [-0.25, -0.2) is 13.1 Å². The van der Waals surface area contributed by atoms with Crippen LogP contribution >= 0.6 is 0 Å². The lowest BCUT2D eigenvalue weighted by Crippen LogP contribution is -2.24. The summed E-state index contributed by atoms with van der Waals surface area (Å²) in [4.78, 5) is 0.0453. The molecule has 0 saturated carbocycles. The molecule has 0 aliphatic heterocycles. The van der Waals surface area contributed by atoms with Gasteiger partial charge in [0, 0.05) is 23.7 Å². The molecule has 8 heteroatoms. The van der Waals surface area contributed by atoms with Gasteiger partial charge >= 0.3 is 0 Å². The Balaban J connectivity index is 1.85. The van der Waals surface area contributed by atoms with Gasteiger partial charge in [-0.05, 0) is 38.1 Å². The number of sulfonamides is 1. The molecule has 148 valence electrons. The quantitative estimate of drug-likeness (QED) is 0.620. The van der Waals surface area contributed by atoms with Crippen LogP contribution in [-0.2, 0) is 16.6 Å². The fraction of sp³-hybridized carbons (Fsp3) is 0.250. The second-order valence-electron chi connectivity index (χ2n) is 6.06. The van der Waals surface area contributed by atoms with Crippen molar-refractivity contribution in [1.29, 1.82) is 0 Å². The van der Waals surface area contributed by atoms with Crippen LogP contribution in [0, 0.1) is 6.92 Å². The highest BCUT2D eigenvalue weighted by Gasteiger charge is 2.21. The molecule has 0 aliphatic carbocycles. The number of aromatic nitrogens is 1. The molecule has 1 aromatic heterocycles. The molecule has 0 aliphatic rings. The summed E-state index contributed by atoms with van der Waals surface area (Å²) in [5.74, 6) is 1.41. The predicted octanol–water partition coefficient (Wildman–Crippen LogP) is 3.54. The van der Waals surface area contributed by atoms with E-state index in [0.717, 1.165) is 11.3 Å². The van der Waals surface area contributed by atoms with Crippen molar-refractivity contribution in [2.75, 3.05) is 13.7 Å². The molecule has 0 bridgehead atoms. The molecule has 0 radical (unpaired) electrons. The van der Waals surface area contributed by atoms with Crippen molar-refractivity contribution in [3.8, 4) is 22.8 Å². The van der Waals surface area contributed by atoms with Crippen LogP contribution in [0.2, 0.25) is 0 Å². The van der Waals surface area contributed by atoms with Crippen LogP contribution in [0.5, 0.6) is 11.5 Å². The third-order valence-electron chi connectivity index (χ3n) is 4.09. The third kappa shape index (κ3) is 4.35. The summed E-state index contributed by atoms with van der Waals surface area (Å²) >= 11 is 0. The molecule has 3 aromatic rings. The average molecular weight is 402 g/mol. The number of ether oxygens (including phenoxy) is 2. The minimum absolute atomic E-state index is 0.0453. The van der Waals surface area contributed by atoms with Gasteiger partial charge < -0.3 is 14.0 Å². The third-order valence-corrected chi connectivity index (χ3v) is 5.53. The molecular formula is C20H22N2O5S. The molecule has 0 atom stereocenters. The molecular weight excluding hydrogens is 380 g/mol. The summed E-state index contributed by atoms with van der Waals surface area (Å²) in [6.07, 6.45) is 0. The first-order valence-corrected chi connectivity index (χ1v) is 10.2. The molecule has 0 unspecified atom stereocenters. The molecule has 2 aromatic carbocycles. The normalized spacial score (nSPS) is 11.4. The molecule has 7 nitrogen and oxygen atoms in total. The highest BCUT2D eigenvalue weighted by molar-refractivity contribution is 7.89. The Kier molecular flexibility index (Phi) is 6.01. The maximum atomic E-state index is 12.8. The lowest BCUT2D eigenvalue weighted by atomic mass is 10.1. The number of nitrogens with zero attached hydrogens (tertiary/aromatic N) is 1. The number of rotatable bonds is 8. The van der Waals surface area contributed by atoms with E-state index in [2.05, 4.69) is 9.88 Å². The minimum atomic E-state index is -3.80. The van der Waals surface area contributed by atoms with Crippen LogP contribution in [0.15, 0.2) is 57.9 Å². The summed E-state index contributed by atoms with van der Waals surface area (Å²) in [5.41, 5.74) is 2.17. The highest BCUT2D eigenvalue weighted by atomic mass is 32.2. The topological polar surface area (TPSA) is 90.7 Å². The summed E-state index contributed by atoms with van der Waals surface area (Å²) in [7, 11) is -2.38. The van der Waals surface area contributed by atoms with E-state index < -0.39 is 10.0 Å². The average Bonchev–Trinajstić information content (AvgIpc) is 3.13. The van der Waals surface area contributed by atoms with E-state index in [1.54, 1.807) is 18.2 Å². The molecule has 0 amide bonds. The zero-order chi connectivity index (χ0) is 20.1. The zero-order valence-electron chi connectivity index (χ0n) is 15.9. The van der Waals surface area contributed by atoms with Gasteiger partial charge in [-0.1, -0.05) is 23.4 Å². The molecule has 0 spiro atoms. The molecule has 3 rings (SSSR count). The van der Waals surface area contributed by atoms with E-state index in [1.807, 2.05) is 38.1 Å². The molecule has 0 fully saturated rings. The monoisotopic (exact) mass is 402 g/mol. The maximum Gasteiger partial charge on any atom is 0.244 e. The molecule has 1 N–H and O–H groups in total. The minimum Gasteiger partial charge on any atom is -0.495 e. The van der Waals surface area contributed by atoms with Gasteiger partial charge in [0.05, 0.1) is 19.4 Å². The lowest BCUT2D eigenvalue weighted by Gasteiger charge is -2.13. The van der Waals surface area contributed by atoms with E-state index >= 15 is 0 Å². The van der Waals surface area contributed by atoms with Gasteiger partial charge in [0.15, 0.2) is 5.76 Å². The Morgan fingerprint density at radius 2 is 1.89 bits per heavy atom. The smallest absolute Gasteiger partial charge is 0.244 e. The van der Waals surface area contributed by atoms with E-state index in [-0.39, 0.29) is 17.2 Å². The highest BCUT2D eigenvalue weighted by Crippen LogP contribution is 2.30. The van der Waals surface area contributed by atoms with Gasteiger partial charge in [-0.2, -0.15) is 0 Å². The number of hydrogen-bond acceptors (Lipinski definition) is 6. The molecule has 1 heterocycles. The maximum absolute atomic E-state index is 12.8. The van der Waals surface area contributed by atoms with Gasteiger partial charge in [-0.3, -0.25) is 0 Å². The van der Waals surface area contributed by atoms with Crippen LogP contribution in [-0.4, -0.2) is 27.3 Å². The number of hydrogen-bond donors (Lipinski definition) is 1. The fourth-order valence-electron chi connectivity index (χ4n) is 2.74. The van der Waals surface area contributed by atoms with Crippen LogP contribution in [0.25, 0.3) is 11.3 Å². The molecule has 28 heavy (non-hydrogen) atoms. The van der Waals surface area contributed by atoms with E-state index in [9.17, 15) is 8.42 Å². The van der Waals surface area contributed by atoms with Gasteiger partial charge in [0.2, 0.25) is 10.0 Å². The standard InChI is InChI=1S/C20H22N2O5S/c1-4-26-17-8-6-5-7-16(17)13-21-28(23,24)20-10-9-15(12-19(20)25-3)18-11-14(2)22-27-18/h5-12,21H,4,13H2,1-3H3. The zero-order valence-corrected chi connectivity index (χ0v) is 16.7. The summed E-state index contributed by atoms with van der Waals surface area (Å²) in [6, 6.07) is 13.8. The Hall–Kier alpha value is -2.84. The van der Waals surface area contributed by atoms with E-state index in [1.165, 1.54) is 13.2 Å². The fourth-order valence-corrected chi connectivity index (χ4v) is 3.89. The number of methoxy groups -OCH3 is 1. The summed E-state index contributed by atoms with van der Waals surface area (Å²) in [6.45, 7) is 4.29. The van der Waals surface area contributed by atoms with Crippen LogP contribution < -0.4 is 14.2 Å². The predicted molar refractivity (Wildman–Crippen MR) is 105 cm³/mol. The Labute approximate surface area is 164 Å². The van der Waals surface area contributed by atoms with Crippen molar-refractivity contribution in [1.82, 2.24) is 9.88 Å².